The summed E-state index contributed by atoms with van der Waals surface area (Å²) in [5, 5.41) is 2.74. The Hall–Kier alpha value is -2.24. The Labute approximate surface area is 155 Å². The summed E-state index contributed by atoms with van der Waals surface area (Å²) in [6.07, 6.45) is 1.47. The molecule has 144 valence electrons. The predicted molar refractivity (Wildman–Crippen MR) is 101 cm³/mol. The van der Waals surface area contributed by atoms with Crippen LogP contribution in [-0.2, 0) is 9.53 Å². The molecule has 0 radical (unpaired) electrons. The molecule has 2 rings (SSSR count). The number of anilines is 1. The number of carbonyl (C=O) groups excluding carboxylic acids is 2. The number of carbonyl (C=O) groups is 2. The van der Waals surface area contributed by atoms with E-state index in [-0.39, 0.29) is 17.9 Å². The van der Waals surface area contributed by atoms with Gasteiger partial charge in [0.2, 0.25) is 5.91 Å². The lowest BCUT2D eigenvalue weighted by molar-refractivity contribution is -0.121. The highest BCUT2D eigenvalue weighted by atomic mass is 16.6. The zero-order valence-corrected chi connectivity index (χ0v) is 16.3. The largest absolute Gasteiger partial charge is 0.497 e. The number of alkyl carbamates (subject to hydrolysis) is 1. The van der Waals surface area contributed by atoms with Crippen molar-refractivity contribution in [2.75, 3.05) is 18.6 Å². The number of nitrogens with one attached hydrogen (secondary N) is 1. The van der Waals surface area contributed by atoms with Crippen molar-refractivity contribution in [3.8, 4) is 5.75 Å². The molecule has 2 amide bonds. The minimum Gasteiger partial charge on any atom is -0.497 e. The number of nitrogens with zero attached hydrogens (tertiary/aromatic N) is 1. The molecular weight excluding hydrogens is 332 g/mol. The van der Waals surface area contributed by atoms with Gasteiger partial charge in [-0.2, -0.15) is 0 Å². The zero-order chi connectivity index (χ0) is 19.3. The van der Waals surface area contributed by atoms with E-state index in [9.17, 15) is 9.59 Å². The Bertz CT molecular complexity index is 609. The Morgan fingerprint density at radius 3 is 2.23 bits per heavy atom. The van der Waals surface area contributed by atoms with Crippen LogP contribution in [0.25, 0.3) is 0 Å². The molecule has 26 heavy (non-hydrogen) atoms. The van der Waals surface area contributed by atoms with Crippen molar-refractivity contribution in [3.05, 3.63) is 24.3 Å². The molecule has 0 unspecified atom stereocenters. The number of amides is 2. The van der Waals surface area contributed by atoms with E-state index >= 15 is 0 Å². The van der Waals surface area contributed by atoms with Gasteiger partial charge in [0, 0.05) is 12.2 Å². The minimum atomic E-state index is -0.637. The summed E-state index contributed by atoms with van der Waals surface area (Å²) in [5.41, 5.74) is 0.812. The fourth-order valence-corrected chi connectivity index (χ4v) is 2.70. The first-order valence-corrected chi connectivity index (χ1v) is 9.24. The summed E-state index contributed by atoms with van der Waals surface area (Å²) >= 11 is 0. The molecule has 1 N–H and O–H groups in total. The third-order valence-corrected chi connectivity index (χ3v) is 4.34. The average Bonchev–Trinajstić information content (AvgIpc) is 3.40. The fraction of sp³-hybridized carbons (Fsp3) is 0.600. The maximum atomic E-state index is 13.2. The first-order valence-electron chi connectivity index (χ1n) is 9.24. The molecule has 0 spiro atoms. The standard InChI is InChI=1S/C20H30N2O4/c1-13(2)18(21-20(24)26-14(3)4)19(23)22(12-15-6-7-15)16-8-10-17(25-5)11-9-16/h8-11,13-15,18H,6-7,12H2,1-5H3,(H,21,24)/t18-/m0/s1. The van der Waals surface area contributed by atoms with Crippen LogP contribution in [0.15, 0.2) is 24.3 Å². The SMILES string of the molecule is COc1ccc(N(CC2CC2)C(=O)[C@@H](NC(=O)OC(C)C)C(C)C)cc1. The summed E-state index contributed by atoms with van der Waals surface area (Å²) in [6, 6.07) is 6.80. The number of hydrogen-bond donors (Lipinski definition) is 1. The molecule has 1 aromatic rings. The van der Waals surface area contributed by atoms with Crippen LogP contribution in [-0.4, -0.2) is 37.8 Å². The molecule has 0 aromatic heterocycles. The average molecular weight is 362 g/mol. The monoisotopic (exact) mass is 362 g/mol. The smallest absolute Gasteiger partial charge is 0.408 e. The van der Waals surface area contributed by atoms with Gasteiger partial charge in [-0.05, 0) is 62.8 Å². The maximum Gasteiger partial charge on any atom is 0.408 e. The van der Waals surface area contributed by atoms with E-state index < -0.39 is 12.1 Å². The molecule has 1 saturated carbocycles. The minimum absolute atomic E-state index is 0.0536. The van der Waals surface area contributed by atoms with Crippen LogP contribution in [0.3, 0.4) is 0 Å². The number of hydrogen-bond acceptors (Lipinski definition) is 4. The van der Waals surface area contributed by atoms with Crippen molar-refractivity contribution in [1.29, 1.82) is 0 Å². The lowest BCUT2D eigenvalue weighted by Gasteiger charge is -2.30. The third kappa shape index (κ3) is 5.64. The van der Waals surface area contributed by atoms with Crippen molar-refractivity contribution >= 4 is 17.7 Å². The second-order valence-corrected chi connectivity index (χ2v) is 7.41. The van der Waals surface area contributed by atoms with Crippen molar-refractivity contribution in [2.24, 2.45) is 11.8 Å². The van der Waals surface area contributed by atoms with E-state index in [1.54, 1.807) is 25.9 Å². The molecule has 0 aliphatic heterocycles. The third-order valence-electron chi connectivity index (χ3n) is 4.34. The van der Waals surface area contributed by atoms with Gasteiger partial charge in [0.05, 0.1) is 13.2 Å². The van der Waals surface area contributed by atoms with Crippen molar-refractivity contribution < 1.29 is 19.1 Å². The van der Waals surface area contributed by atoms with E-state index in [0.717, 1.165) is 24.3 Å². The number of benzene rings is 1. The highest BCUT2D eigenvalue weighted by Gasteiger charge is 2.34. The van der Waals surface area contributed by atoms with E-state index in [4.69, 9.17) is 9.47 Å². The van der Waals surface area contributed by atoms with Gasteiger partial charge < -0.3 is 19.7 Å². The summed E-state index contributed by atoms with van der Waals surface area (Å²) in [6.45, 7) is 8.06. The second kappa shape index (κ2) is 8.92. The molecule has 1 aliphatic carbocycles. The van der Waals surface area contributed by atoms with Gasteiger partial charge in [0.15, 0.2) is 0 Å². The van der Waals surface area contributed by atoms with Crippen LogP contribution in [0.4, 0.5) is 10.5 Å². The zero-order valence-electron chi connectivity index (χ0n) is 16.3. The molecule has 0 heterocycles. The Morgan fingerprint density at radius 2 is 1.77 bits per heavy atom. The molecule has 1 fully saturated rings. The van der Waals surface area contributed by atoms with Gasteiger partial charge in [0.25, 0.3) is 0 Å². The topological polar surface area (TPSA) is 67.9 Å². The highest BCUT2D eigenvalue weighted by Crippen LogP contribution is 2.32. The van der Waals surface area contributed by atoms with Crippen molar-refractivity contribution in [3.63, 3.8) is 0 Å². The van der Waals surface area contributed by atoms with E-state index in [0.29, 0.717) is 12.5 Å². The summed E-state index contributed by atoms with van der Waals surface area (Å²) in [7, 11) is 1.61. The molecule has 6 heteroatoms. The van der Waals surface area contributed by atoms with Crippen LogP contribution in [0.1, 0.15) is 40.5 Å². The number of rotatable bonds is 8. The van der Waals surface area contributed by atoms with Gasteiger partial charge in [-0.25, -0.2) is 4.79 Å². The molecular formula is C20H30N2O4. The molecule has 6 nitrogen and oxygen atoms in total. The van der Waals surface area contributed by atoms with Crippen LogP contribution in [0.2, 0.25) is 0 Å². The Kier molecular flexibility index (Phi) is 6.89. The molecule has 1 aliphatic rings. The molecule has 1 atom stereocenters. The normalized spacial score (nSPS) is 14.9. The predicted octanol–water partition coefficient (Wildman–Crippen LogP) is 3.60. The van der Waals surface area contributed by atoms with Crippen LogP contribution < -0.4 is 15.0 Å². The van der Waals surface area contributed by atoms with Crippen LogP contribution in [0, 0.1) is 11.8 Å². The first-order chi connectivity index (χ1) is 12.3. The molecule has 0 saturated heterocycles. The van der Waals surface area contributed by atoms with Gasteiger partial charge in [-0.1, -0.05) is 13.8 Å². The van der Waals surface area contributed by atoms with Gasteiger partial charge >= 0.3 is 6.09 Å². The maximum absolute atomic E-state index is 13.2. The molecule has 1 aromatic carbocycles. The van der Waals surface area contributed by atoms with E-state index in [1.807, 2.05) is 38.1 Å². The van der Waals surface area contributed by atoms with Crippen LogP contribution in [0.5, 0.6) is 5.75 Å². The lowest BCUT2D eigenvalue weighted by Crippen LogP contribution is -2.52. The quantitative estimate of drug-likeness (QED) is 0.767. The fourth-order valence-electron chi connectivity index (χ4n) is 2.70. The van der Waals surface area contributed by atoms with E-state index in [1.165, 1.54) is 0 Å². The summed E-state index contributed by atoms with van der Waals surface area (Å²) in [4.78, 5) is 27.1. The number of methoxy groups -OCH3 is 1. The Balaban J connectivity index is 2.19. The Morgan fingerprint density at radius 1 is 1.15 bits per heavy atom. The van der Waals surface area contributed by atoms with Crippen molar-refractivity contribution in [1.82, 2.24) is 5.32 Å². The van der Waals surface area contributed by atoms with Crippen LogP contribution >= 0.6 is 0 Å². The van der Waals surface area contributed by atoms with Gasteiger partial charge in [-0.3, -0.25) is 4.79 Å². The summed E-state index contributed by atoms with van der Waals surface area (Å²) in [5.74, 6) is 1.10. The summed E-state index contributed by atoms with van der Waals surface area (Å²) < 4.78 is 10.4. The van der Waals surface area contributed by atoms with E-state index in [2.05, 4.69) is 5.32 Å². The lowest BCUT2D eigenvalue weighted by atomic mass is 10.0. The second-order valence-electron chi connectivity index (χ2n) is 7.41. The van der Waals surface area contributed by atoms with Gasteiger partial charge in [0.1, 0.15) is 11.8 Å². The first kappa shape index (κ1) is 20.1. The van der Waals surface area contributed by atoms with Gasteiger partial charge in [-0.15, -0.1) is 0 Å². The molecule has 0 bridgehead atoms. The number of ether oxygens (including phenoxy) is 2. The van der Waals surface area contributed by atoms with Crippen molar-refractivity contribution in [2.45, 2.75) is 52.7 Å². The highest BCUT2D eigenvalue weighted by molar-refractivity contribution is 5.99.